The van der Waals surface area contributed by atoms with Gasteiger partial charge in [0.1, 0.15) is 30.1 Å². The van der Waals surface area contributed by atoms with E-state index in [1.165, 1.54) is 20.1 Å². The summed E-state index contributed by atoms with van der Waals surface area (Å²) >= 11 is 0. The number of ketones is 1. The van der Waals surface area contributed by atoms with Gasteiger partial charge in [-0.25, -0.2) is 0 Å². The molecule has 0 unspecified atom stereocenters. The standard InChI is InChI=1S/C15H23NO7/c1-7(18)9(8(2)19)5-16-10(6-17)12-11(20)13-14(21-12)23-15(3,4)22-13/h5,10-14,17-18,20H,6H2,1-4H3/b9-7+,16-5?/t10-,11+,12-,13-,14-/m1/s1. The highest BCUT2D eigenvalue weighted by molar-refractivity contribution is 6.12. The summed E-state index contributed by atoms with van der Waals surface area (Å²) in [4.78, 5) is 15.5. The molecule has 2 aliphatic heterocycles. The van der Waals surface area contributed by atoms with Gasteiger partial charge in [-0.2, -0.15) is 0 Å². The Morgan fingerprint density at radius 1 is 1.35 bits per heavy atom. The molecule has 2 aliphatic rings. The third-order valence-electron chi connectivity index (χ3n) is 3.78. The number of aliphatic hydroxyl groups excluding tert-OH is 3. The van der Waals surface area contributed by atoms with Gasteiger partial charge in [-0.15, -0.1) is 0 Å². The first kappa shape index (κ1) is 18.0. The van der Waals surface area contributed by atoms with Crippen LogP contribution in [0.1, 0.15) is 27.7 Å². The van der Waals surface area contributed by atoms with Gasteiger partial charge < -0.3 is 29.5 Å². The molecular formula is C15H23NO7. The molecule has 0 aromatic carbocycles. The molecule has 2 saturated heterocycles. The summed E-state index contributed by atoms with van der Waals surface area (Å²) in [6.45, 7) is 5.69. The maximum atomic E-state index is 11.4. The second-order valence-corrected chi connectivity index (χ2v) is 6.14. The molecule has 0 spiro atoms. The van der Waals surface area contributed by atoms with Crippen LogP contribution in [0.3, 0.4) is 0 Å². The van der Waals surface area contributed by atoms with Gasteiger partial charge in [0.25, 0.3) is 0 Å². The zero-order chi connectivity index (χ0) is 17.4. The van der Waals surface area contributed by atoms with Crippen molar-refractivity contribution in [2.75, 3.05) is 6.61 Å². The SMILES string of the molecule is CC(=O)/C(C=N[C@H](CO)[C@H]1O[C@@H]2OC(C)(C)O[C@@H]2[C@H]1O)=C(\C)O. The van der Waals surface area contributed by atoms with E-state index in [-0.39, 0.29) is 17.1 Å². The van der Waals surface area contributed by atoms with E-state index < -0.39 is 43.0 Å². The minimum Gasteiger partial charge on any atom is -0.512 e. The summed E-state index contributed by atoms with van der Waals surface area (Å²) in [5.74, 6) is -1.38. The number of carbonyl (C=O) groups is 1. The van der Waals surface area contributed by atoms with Gasteiger partial charge >= 0.3 is 0 Å². The fourth-order valence-electron chi connectivity index (χ4n) is 2.68. The third-order valence-corrected chi connectivity index (χ3v) is 3.78. The van der Waals surface area contributed by atoms with Crippen LogP contribution < -0.4 is 0 Å². The largest absolute Gasteiger partial charge is 0.512 e. The number of allylic oxidation sites excluding steroid dienone is 2. The fraction of sp³-hybridized carbons (Fsp3) is 0.733. The van der Waals surface area contributed by atoms with Crippen molar-refractivity contribution >= 4 is 12.0 Å². The molecule has 8 nitrogen and oxygen atoms in total. The summed E-state index contributed by atoms with van der Waals surface area (Å²) < 4.78 is 16.7. The highest BCUT2D eigenvalue weighted by atomic mass is 16.8. The van der Waals surface area contributed by atoms with Crippen LogP contribution in [0.5, 0.6) is 0 Å². The number of hydrogen-bond acceptors (Lipinski definition) is 8. The first-order valence-corrected chi connectivity index (χ1v) is 7.40. The number of Topliss-reactive ketones (excluding diaryl/α,β-unsaturated/α-hetero) is 1. The normalized spacial score (nSPS) is 35.2. The van der Waals surface area contributed by atoms with E-state index in [2.05, 4.69) is 4.99 Å². The fourth-order valence-corrected chi connectivity index (χ4v) is 2.68. The minimum absolute atomic E-state index is 0.0322. The number of nitrogens with zero attached hydrogens (tertiary/aromatic N) is 1. The topological polar surface area (TPSA) is 118 Å². The molecule has 0 bridgehead atoms. The number of aliphatic imine (C=N–C) groups is 1. The van der Waals surface area contributed by atoms with E-state index in [0.29, 0.717) is 0 Å². The summed E-state index contributed by atoms with van der Waals surface area (Å²) in [5, 5.41) is 29.3. The van der Waals surface area contributed by atoms with Gasteiger partial charge in [-0.1, -0.05) is 0 Å². The van der Waals surface area contributed by atoms with E-state index >= 15 is 0 Å². The van der Waals surface area contributed by atoms with Crippen LogP contribution >= 0.6 is 0 Å². The molecule has 0 aromatic rings. The van der Waals surface area contributed by atoms with Crippen LogP contribution in [0.25, 0.3) is 0 Å². The van der Waals surface area contributed by atoms with Crippen molar-refractivity contribution < 1.29 is 34.3 Å². The molecule has 2 rings (SSSR count). The van der Waals surface area contributed by atoms with Gasteiger partial charge in [-0.05, 0) is 27.7 Å². The Hall–Kier alpha value is -1.32. The van der Waals surface area contributed by atoms with E-state index in [1.807, 2.05) is 0 Å². The Morgan fingerprint density at radius 3 is 2.48 bits per heavy atom. The lowest BCUT2D eigenvalue weighted by molar-refractivity contribution is -0.217. The number of hydrogen-bond donors (Lipinski definition) is 3. The number of carbonyl (C=O) groups excluding carboxylic acids is 1. The van der Waals surface area contributed by atoms with Crippen LogP contribution in [-0.4, -0.2) is 70.4 Å². The third kappa shape index (κ3) is 3.78. The van der Waals surface area contributed by atoms with Gasteiger partial charge in [0.15, 0.2) is 17.9 Å². The molecule has 8 heteroatoms. The predicted octanol–water partition coefficient (Wildman–Crippen LogP) is 0.0764. The molecule has 5 atom stereocenters. The van der Waals surface area contributed by atoms with Crippen LogP contribution in [0, 0.1) is 0 Å². The lowest BCUT2D eigenvalue weighted by Crippen LogP contribution is -2.41. The predicted molar refractivity (Wildman–Crippen MR) is 80.1 cm³/mol. The second-order valence-electron chi connectivity index (χ2n) is 6.14. The van der Waals surface area contributed by atoms with Crippen LogP contribution in [-0.2, 0) is 19.0 Å². The molecule has 130 valence electrons. The van der Waals surface area contributed by atoms with Gasteiger partial charge in [0.2, 0.25) is 0 Å². The molecule has 0 aliphatic carbocycles. The van der Waals surface area contributed by atoms with Crippen molar-refractivity contribution in [1.29, 1.82) is 0 Å². The van der Waals surface area contributed by atoms with Crippen molar-refractivity contribution in [2.45, 2.75) is 64.1 Å². The second kappa shape index (κ2) is 6.66. The highest BCUT2D eigenvalue weighted by Crippen LogP contribution is 2.38. The van der Waals surface area contributed by atoms with Crippen LogP contribution in [0.15, 0.2) is 16.3 Å². The summed E-state index contributed by atoms with van der Waals surface area (Å²) in [5.41, 5.74) is 0.0322. The molecule has 2 fully saturated rings. The Balaban J connectivity index is 2.11. The lowest BCUT2D eigenvalue weighted by Gasteiger charge is -2.25. The van der Waals surface area contributed by atoms with Gasteiger partial charge in [0.05, 0.1) is 12.2 Å². The molecule has 23 heavy (non-hydrogen) atoms. The van der Waals surface area contributed by atoms with E-state index in [0.717, 1.165) is 0 Å². The zero-order valence-corrected chi connectivity index (χ0v) is 13.6. The first-order valence-electron chi connectivity index (χ1n) is 7.40. The van der Waals surface area contributed by atoms with Crippen molar-refractivity contribution in [1.82, 2.24) is 0 Å². The van der Waals surface area contributed by atoms with Gasteiger partial charge in [0, 0.05) is 6.21 Å². The van der Waals surface area contributed by atoms with Crippen molar-refractivity contribution in [3.63, 3.8) is 0 Å². The van der Waals surface area contributed by atoms with Crippen molar-refractivity contribution in [3.05, 3.63) is 11.3 Å². The Labute approximate surface area is 134 Å². The Kier molecular flexibility index (Phi) is 5.22. The molecule has 3 N–H and O–H groups in total. The summed E-state index contributed by atoms with van der Waals surface area (Å²) in [6.07, 6.45) is -2.10. The molecule has 0 amide bonds. The van der Waals surface area contributed by atoms with Gasteiger partial charge in [-0.3, -0.25) is 9.79 Å². The monoisotopic (exact) mass is 329 g/mol. The number of aliphatic hydroxyl groups is 3. The minimum atomic E-state index is -1.03. The maximum Gasteiger partial charge on any atom is 0.190 e. The average molecular weight is 329 g/mol. The smallest absolute Gasteiger partial charge is 0.190 e. The van der Waals surface area contributed by atoms with E-state index in [4.69, 9.17) is 14.2 Å². The first-order chi connectivity index (χ1) is 10.7. The molecule has 2 heterocycles. The van der Waals surface area contributed by atoms with Crippen molar-refractivity contribution in [3.8, 4) is 0 Å². The summed E-state index contributed by atoms with van der Waals surface area (Å²) in [6, 6.07) is -0.820. The molecule has 0 saturated carbocycles. The number of fused-ring (bicyclic) bond motifs is 1. The zero-order valence-electron chi connectivity index (χ0n) is 13.6. The average Bonchev–Trinajstić information content (AvgIpc) is 2.88. The summed E-state index contributed by atoms with van der Waals surface area (Å²) in [7, 11) is 0. The Bertz CT molecular complexity index is 524. The van der Waals surface area contributed by atoms with Crippen LogP contribution in [0.4, 0.5) is 0 Å². The maximum absolute atomic E-state index is 11.4. The number of rotatable bonds is 5. The van der Waals surface area contributed by atoms with E-state index in [9.17, 15) is 20.1 Å². The highest BCUT2D eigenvalue weighted by Gasteiger charge is 2.55. The Morgan fingerprint density at radius 2 is 2.00 bits per heavy atom. The van der Waals surface area contributed by atoms with E-state index in [1.54, 1.807) is 13.8 Å². The molecule has 0 radical (unpaired) electrons. The molecule has 0 aromatic heterocycles. The quantitative estimate of drug-likeness (QED) is 0.371. The number of ether oxygens (including phenoxy) is 3. The van der Waals surface area contributed by atoms with Crippen LogP contribution in [0.2, 0.25) is 0 Å². The lowest BCUT2D eigenvalue weighted by atomic mass is 10.0. The van der Waals surface area contributed by atoms with Crippen molar-refractivity contribution in [2.24, 2.45) is 4.99 Å². The molecular weight excluding hydrogens is 306 g/mol.